The quantitative estimate of drug-likeness (QED) is 0.835. The van der Waals surface area contributed by atoms with Crippen LogP contribution in [0.2, 0.25) is 0 Å². The van der Waals surface area contributed by atoms with Crippen LogP contribution in [-0.2, 0) is 6.42 Å². The lowest BCUT2D eigenvalue weighted by molar-refractivity contribution is 0.537. The second-order valence-electron chi connectivity index (χ2n) is 5.00. The van der Waals surface area contributed by atoms with Gasteiger partial charge in [0.2, 0.25) is 0 Å². The summed E-state index contributed by atoms with van der Waals surface area (Å²) < 4.78 is 13.3. The molecule has 0 aromatic heterocycles. The van der Waals surface area contributed by atoms with Gasteiger partial charge in [-0.15, -0.1) is 0 Å². The summed E-state index contributed by atoms with van der Waals surface area (Å²) in [6.45, 7) is 3.29. The van der Waals surface area contributed by atoms with Gasteiger partial charge in [-0.2, -0.15) is 11.8 Å². The Morgan fingerprint density at radius 1 is 1.35 bits per heavy atom. The van der Waals surface area contributed by atoms with Crippen molar-refractivity contribution >= 4 is 11.8 Å². The molecule has 2 rings (SSSR count). The molecule has 1 aliphatic carbocycles. The van der Waals surface area contributed by atoms with Gasteiger partial charge in [-0.3, -0.25) is 0 Å². The standard InChI is InChI=1S/C14H20FNS/c1-11(16-10-14(17-2)7-8-14)9-12-3-5-13(15)6-4-12/h3-6,11,16H,7-10H2,1-2H3. The van der Waals surface area contributed by atoms with Crippen LogP contribution in [0.4, 0.5) is 4.39 Å². The van der Waals surface area contributed by atoms with E-state index in [1.54, 1.807) is 0 Å². The lowest BCUT2D eigenvalue weighted by Gasteiger charge is -2.18. The van der Waals surface area contributed by atoms with E-state index in [-0.39, 0.29) is 5.82 Å². The Kier molecular flexibility index (Phi) is 4.10. The number of rotatable bonds is 6. The average molecular weight is 253 g/mol. The third-order valence-corrected chi connectivity index (χ3v) is 4.89. The molecule has 0 heterocycles. The molecule has 0 amide bonds. The molecule has 1 aromatic rings. The van der Waals surface area contributed by atoms with Crippen molar-refractivity contribution in [3.63, 3.8) is 0 Å². The highest BCUT2D eigenvalue weighted by molar-refractivity contribution is 8.00. The lowest BCUT2D eigenvalue weighted by Crippen LogP contribution is -2.34. The fourth-order valence-corrected chi connectivity index (χ4v) is 2.74. The Bertz CT molecular complexity index is 359. The molecule has 3 heteroatoms. The van der Waals surface area contributed by atoms with Gasteiger partial charge < -0.3 is 5.32 Å². The fourth-order valence-electron chi connectivity index (χ4n) is 2.00. The van der Waals surface area contributed by atoms with Crippen molar-refractivity contribution in [2.45, 2.75) is 37.0 Å². The molecule has 1 N–H and O–H groups in total. The zero-order valence-corrected chi connectivity index (χ0v) is 11.3. The van der Waals surface area contributed by atoms with Crippen LogP contribution in [0.25, 0.3) is 0 Å². The fraction of sp³-hybridized carbons (Fsp3) is 0.571. The van der Waals surface area contributed by atoms with E-state index in [0.717, 1.165) is 13.0 Å². The highest BCUT2D eigenvalue weighted by Crippen LogP contribution is 2.46. The molecule has 1 aromatic carbocycles. The van der Waals surface area contributed by atoms with Crippen LogP contribution >= 0.6 is 11.8 Å². The van der Waals surface area contributed by atoms with E-state index in [2.05, 4.69) is 18.5 Å². The Hall–Kier alpha value is -0.540. The van der Waals surface area contributed by atoms with Crippen LogP contribution in [-0.4, -0.2) is 23.6 Å². The predicted molar refractivity (Wildman–Crippen MR) is 73.0 cm³/mol. The van der Waals surface area contributed by atoms with Crippen LogP contribution in [0.3, 0.4) is 0 Å². The first-order valence-electron chi connectivity index (χ1n) is 6.16. The number of thioether (sulfide) groups is 1. The minimum Gasteiger partial charge on any atom is -0.313 e. The second-order valence-corrected chi connectivity index (χ2v) is 6.27. The zero-order valence-electron chi connectivity index (χ0n) is 10.5. The largest absolute Gasteiger partial charge is 0.313 e. The Morgan fingerprint density at radius 2 is 2.00 bits per heavy atom. The molecule has 0 spiro atoms. The summed E-state index contributed by atoms with van der Waals surface area (Å²) in [7, 11) is 0. The van der Waals surface area contributed by atoms with Gasteiger partial charge in [-0.05, 0) is 50.1 Å². The van der Waals surface area contributed by atoms with Gasteiger partial charge in [-0.25, -0.2) is 4.39 Å². The molecule has 1 fully saturated rings. The van der Waals surface area contributed by atoms with Crippen LogP contribution < -0.4 is 5.32 Å². The molecular weight excluding hydrogens is 233 g/mol. The minimum absolute atomic E-state index is 0.159. The smallest absolute Gasteiger partial charge is 0.123 e. The van der Waals surface area contributed by atoms with Crippen LogP contribution in [0.15, 0.2) is 24.3 Å². The summed E-state index contributed by atoms with van der Waals surface area (Å²) in [5, 5.41) is 3.58. The van der Waals surface area contributed by atoms with Gasteiger partial charge in [0, 0.05) is 17.3 Å². The van der Waals surface area contributed by atoms with Crippen molar-refractivity contribution in [2.75, 3.05) is 12.8 Å². The van der Waals surface area contributed by atoms with E-state index in [1.807, 2.05) is 23.9 Å². The van der Waals surface area contributed by atoms with Crippen molar-refractivity contribution in [3.8, 4) is 0 Å². The van der Waals surface area contributed by atoms with Crippen molar-refractivity contribution in [3.05, 3.63) is 35.6 Å². The second kappa shape index (κ2) is 5.40. The Balaban J connectivity index is 1.77. The summed E-state index contributed by atoms with van der Waals surface area (Å²) in [5.41, 5.74) is 1.19. The van der Waals surface area contributed by atoms with Gasteiger partial charge in [0.1, 0.15) is 5.82 Å². The monoisotopic (exact) mass is 253 g/mol. The molecule has 0 saturated heterocycles. The average Bonchev–Trinajstić information content (AvgIpc) is 3.10. The normalized spacial score (nSPS) is 19.0. The van der Waals surface area contributed by atoms with Gasteiger partial charge in [0.05, 0.1) is 0 Å². The van der Waals surface area contributed by atoms with E-state index < -0.39 is 0 Å². The van der Waals surface area contributed by atoms with Crippen molar-refractivity contribution in [2.24, 2.45) is 0 Å². The van der Waals surface area contributed by atoms with Crippen LogP contribution in [0, 0.1) is 5.82 Å². The summed E-state index contributed by atoms with van der Waals surface area (Å²) in [5.74, 6) is -0.159. The number of benzene rings is 1. The first-order valence-corrected chi connectivity index (χ1v) is 7.39. The van der Waals surface area contributed by atoms with Crippen molar-refractivity contribution in [1.82, 2.24) is 5.32 Å². The molecule has 0 aliphatic heterocycles. The summed E-state index contributed by atoms with van der Waals surface area (Å²) >= 11 is 1.98. The summed E-state index contributed by atoms with van der Waals surface area (Å²) in [4.78, 5) is 0. The maximum atomic E-state index is 12.8. The Labute approximate surface area is 107 Å². The molecule has 0 radical (unpaired) electrons. The van der Waals surface area contributed by atoms with E-state index >= 15 is 0 Å². The van der Waals surface area contributed by atoms with Crippen LogP contribution in [0.5, 0.6) is 0 Å². The molecular formula is C14H20FNS. The van der Waals surface area contributed by atoms with Gasteiger partial charge in [0.15, 0.2) is 0 Å². The molecule has 1 nitrogen and oxygen atoms in total. The first kappa shape index (κ1) is 12.9. The molecule has 1 unspecified atom stereocenters. The lowest BCUT2D eigenvalue weighted by atomic mass is 10.1. The predicted octanol–water partition coefficient (Wildman–Crippen LogP) is 3.24. The van der Waals surface area contributed by atoms with Crippen molar-refractivity contribution < 1.29 is 4.39 Å². The molecule has 1 aliphatic rings. The molecule has 0 bridgehead atoms. The Morgan fingerprint density at radius 3 is 2.53 bits per heavy atom. The number of nitrogens with one attached hydrogen (secondary N) is 1. The minimum atomic E-state index is -0.159. The van der Waals surface area contributed by atoms with E-state index in [9.17, 15) is 4.39 Å². The van der Waals surface area contributed by atoms with Crippen LogP contribution in [0.1, 0.15) is 25.3 Å². The molecule has 94 valence electrons. The highest BCUT2D eigenvalue weighted by Gasteiger charge is 2.41. The third-order valence-electron chi connectivity index (χ3n) is 3.47. The summed E-state index contributed by atoms with van der Waals surface area (Å²) in [6.07, 6.45) is 5.83. The van der Waals surface area contributed by atoms with E-state index in [0.29, 0.717) is 10.8 Å². The van der Waals surface area contributed by atoms with Crippen molar-refractivity contribution in [1.29, 1.82) is 0 Å². The van der Waals surface area contributed by atoms with E-state index in [1.165, 1.54) is 30.5 Å². The van der Waals surface area contributed by atoms with Gasteiger partial charge in [-0.1, -0.05) is 12.1 Å². The number of hydrogen-bond donors (Lipinski definition) is 1. The third kappa shape index (κ3) is 3.71. The topological polar surface area (TPSA) is 12.0 Å². The maximum Gasteiger partial charge on any atom is 0.123 e. The molecule has 1 atom stereocenters. The number of halogens is 1. The summed E-state index contributed by atoms with van der Waals surface area (Å²) in [6, 6.07) is 7.26. The first-order chi connectivity index (χ1) is 8.13. The van der Waals surface area contributed by atoms with Gasteiger partial charge in [0.25, 0.3) is 0 Å². The number of hydrogen-bond acceptors (Lipinski definition) is 2. The highest BCUT2D eigenvalue weighted by atomic mass is 32.2. The molecule has 1 saturated carbocycles. The van der Waals surface area contributed by atoms with Gasteiger partial charge >= 0.3 is 0 Å². The SMILES string of the molecule is CSC1(CNC(C)Cc2ccc(F)cc2)CC1. The zero-order chi connectivity index (χ0) is 12.3. The maximum absolute atomic E-state index is 12.8. The van der Waals surface area contributed by atoms with E-state index in [4.69, 9.17) is 0 Å². The molecule has 17 heavy (non-hydrogen) atoms.